The van der Waals surface area contributed by atoms with Crippen molar-refractivity contribution in [3.8, 4) is 6.07 Å². The van der Waals surface area contributed by atoms with Gasteiger partial charge in [-0.3, -0.25) is 4.90 Å². The first-order valence-electron chi connectivity index (χ1n) is 6.42. The molecule has 3 nitrogen and oxygen atoms in total. The van der Waals surface area contributed by atoms with Crippen molar-refractivity contribution in [2.24, 2.45) is 0 Å². The fraction of sp³-hybridized carbons (Fsp3) is 0.500. The molecule has 4 heteroatoms. The summed E-state index contributed by atoms with van der Waals surface area (Å²) in [5, 5.41) is 12.3. The first-order valence-corrected chi connectivity index (χ1v) is 7.21. The first kappa shape index (κ1) is 13.4. The lowest BCUT2D eigenvalue weighted by molar-refractivity contribution is 0.289. The number of anilines is 1. The van der Waals surface area contributed by atoms with Crippen LogP contribution in [0.25, 0.3) is 0 Å². The third-order valence-corrected chi connectivity index (χ3v) is 3.94. The Balaban J connectivity index is 1.83. The Bertz CT molecular complexity index is 449. The van der Waals surface area contributed by atoms with Gasteiger partial charge in [-0.15, -0.1) is 0 Å². The average molecular weight is 308 g/mol. The molecule has 0 aromatic heterocycles. The van der Waals surface area contributed by atoms with E-state index in [1.165, 1.54) is 12.8 Å². The second kappa shape index (κ2) is 6.21. The highest BCUT2D eigenvalue weighted by Gasteiger charge is 2.26. The van der Waals surface area contributed by atoms with E-state index < -0.39 is 0 Å². The molecule has 0 saturated heterocycles. The van der Waals surface area contributed by atoms with Gasteiger partial charge in [0.1, 0.15) is 6.07 Å². The van der Waals surface area contributed by atoms with Crippen LogP contribution in [-0.4, -0.2) is 30.6 Å². The van der Waals surface area contributed by atoms with Crippen LogP contribution in [0, 0.1) is 11.3 Å². The summed E-state index contributed by atoms with van der Waals surface area (Å²) in [5.74, 6) is 0. The summed E-state index contributed by atoms with van der Waals surface area (Å²) in [4.78, 5) is 2.52. The quantitative estimate of drug-likeness (QED) is 0.877. The van der Waals surface area contributed by atoms with E-state index in [0.717, 1.165) is 35.8 Å². The van der Waals surface area contributed by atoms with Gasteiger partial charge >= 0.3 is 0 Å². The molecule has 1 N–H and O–H groups in total. The van der Waals surface area contributed by atoms with Crippen molar-refractivity contribution >= 4 is 21.6 Å². The Morgan fingerprint density at radius 2 is 2.28 bits per heavy atom. The van der Waals surface area contributed by atoms with Gasteiger partial charge in [-0.05, 0) is 53.5 Å². The molecule has 0 radical (unpaired) electrons. The number of likely N-dealkylation sites (N-methyl/N-ethyl adjacent to an activating group) is 1. The minimum atomic E-state index is 0.675. The standard InChI is InChI=1S/C14H18BrN3/c1-2-18(13-5-6-13)8-7-17-12-4-3-11(10-16)14(15)9-12/h3-4,9,13,17H,2,5-8H2,1H3. The summed E-state index contributed by atoms with van der Waals surface area (Å²) < 4.78 is 0.851. The molecule has 1 aromatic rings. The van der Waals surface area contributed by atoms with Crippen LogP contribution >= 0.6 is 15.9 Å². The maximum atomic E-state index is 8.85. The molecule has 0 amide bonds. The van der Waals surface area contributed by atoms with Crippen LogP contribution in [0.1, 0.15) is 25.3 Å². The Kier molecular flexibility index (Phi) is 4.62. The van der Waals surface area contributed by atoms with Gasteiger partial charge in [-0.2, -0.15) is 5.26 Å². The number of nitrogens with zero attached hydrogens (tertiary/aromatic N) is 2. The van der Waals surface area contributed by atoms with Crippen molar-refractivity contribution in [2.75, 3.05) is 25.0 Å². The predicted octanol–water partition coefficient (Wildman–Crippen LogP) is 3.22. The minimum Gasteiger partial charge on any atom is -0.384 e. The molecule has 1 aliphatic rings. The first-order chi connectivity index (χ1) is 8.74. The van der Waals surface area contributed by atoms with E-state index in [1.807, 2.05) is 18.2 Å². The highest BCUT2D eigenvalue weighted by molar-refractivity contribution is 9.10. The van der Waals surface area contributed by atoms with E-state index in [9.17, 15) is 0 Å². The predicted molar refractivity (Wildman–Crippen MR) is 77.6 cm³/mol. The van der Waals surface area contributed by atoms with Crippen molar-refractivity contribution < 1.29 is 0 Å². The van der Waals surface area contributed by atoms with E-state index >= 15 is 0 Å². The second-order valence-electron chi connectivity index (χ2n) is 4.59. The molecule has 96 valence electrons. The largest absolute Gasteiger partial charge is 0.384 e. The molecule has 18 heavy (non-hydrogen) atoms. The molecule has 1 fully saturated rings. The molecule has 0 aliphatic heterocycles. The molecule has 0 spiro atoms. The van der Waals surface area contributed by atoms with Gasteiger partial charge in [0.2, 0.25) is 0 Å². The summed E-state index contributed by atoms with van der Waals surface area (Å²) in [6.45, 7) is 5.38. The van der Waals surface area contributed by atoms with Gasteiger partial charge in [-0.25, -0.2) is 0 Å². The van der Waals surface area contributed by atoms with Crippen molar-refractivity contribution in [3.05, 3.63) is 28.2 Å². The maximum Gasteiger partial charge on any atom is 0.100 e. The van der Waals surface area contributed by atoms with E-state index in [2.05, 4.69) is 39.1 Å². The molecule has 1 aliphatic carbocycles. The zero-order chi connectivity index (χ0) is 13.0. The topological polar surface area (TPSA) is 39.1 Å². The maximum absolute atomic E-state index is 8.85. The number of rotatable bonds is 6. The number of halogens is 1. The molecular formula is C14H18BrN3. The summed E-state index contributed by atoms with van der Waals surface area (Å²) in [5.41, 5.74) is 1.74. The van der Waals surface area contributed by atoms with E-state index in [1.54, 1.807) is 0 Å². The number of benzene rings is 1. The molecular weight excluding hydrogens is 290 g/mol. The summed E-state index contributed by atoms with van der Waals surface area (Å²) >= 11 is 3.40. The Hall–Kier alpha value is -1.05. The van der Waals surface area contributed by atoms with Crippen LogP contribution < -0.4 is 5.32 Å². The van der Waals surface area contributed by atoms with Crippen LogP contribution in [0.3, 0.4) is 0 Å². The zero-order valence-corrected chi connectivity index (χ0v) is 12.2. The van der Waals surface area contributed by atoms with Gasteiger partial charge in [0, 0.05) is 29.3 Å². The highest BCUT2D eigenvalue weighted by Crippen LogP contribution is 2.26. The van der Waals surface area contributed by atoms with Crippen LogP contribution in [-0.2, 0) is 0 Å². The fourth-order valence-corrected chi connectivity index (χ4v) is 2.57. The van der Waals surface area contributed by atoms with Crippen LogP contribution in [0.15, 0.2) is 22.7 Å². The lowest BCUT2D eigenvalue weighted by Crippen LogP contribution is -2.30. The third kappa shape index (κ3) is 3.47. The van der Waals surface area contributed by atoms with Crippen molar-refractivity contribution in [2.45, 2.75) is 25.8 Å². The third-order valence-electron chi connectivity index (χ3n) is 3.29. The van der Waals surface area contributed by atoms with Gasteiger partial charge in [0.25, 0.3) is 0 Å². The monoisotopic (exact) mass is 307 g/mol. The molecule has 2 rings (SSSR count). The summed E-state index contributed by atoms with van der Waals surface area (Å²) in [6.07, 6.45) is 2.71. The van der Waals surface area contributed by atoms with Crippen LogP contribution in [0.4, 0.5) is 5.69 Å². The molecule has 1 saturated carbocycles. The van der Waals surface area contributed by atoms with Crippen molar-refractivity contribution in [1.29, 1.82) is 5.26 Å². The Morgan fingerprint density at radius 1 is 1.50 bits per heavy atom. The van der Waals surface area contributed by atoms with Gasteiger partial charge in [0.05, 0.1) is 5.56 Å². The van der Waals surface area contributed by atoms with Gasteiger partial charge < -0.3 is 5.32 Å². The Labute approximate surface area is 117 Å². The lowest BCUT2D eigenvalue weighted by atomic mass is 10.2. The lowest BCUT2D eigenvalue weighted by Gasteiger charge is -2.20. The molecule has 0 bridgehead atoms. The molecule has 0 atom stereocenters. The normalized spacial score (nSPS) is 14.6. The summed E-state index contributed by atoms with van der Waals surface area (Å²) in [7, 11) is 0. The van der Waals surface area contributed by atoms with Crippen molar-refractivity contribution in [3.63, 3.8) is 0 Å². The minimum absolute atomic E-state index is 0.675. The Morgan fingerprint density at radius 3 is 2.83 bits per heavy atom. The second-order valence-corrected chi connectivity index (χ2v) is 5.45. The fourth-order valence-electron chi connectivity index (χ4n) is 2.10. The van der Waals surface area contributed by atoms with E-state index in [4.69, 9.17) is 5.26 Å². The van der Waals surface area contributed by atoms with Crippen LogP contribution in [0.2, 0.25) is 0 Å². The summed E-state index contributed by atoms with van der Waals surface area (Å²) in [6, 6.07) is 8.73. The number of nitrogens with one attached hydrogen (secondary N) is 1. The average Bonchev–Trinajstić information content (AvgIpc) is 3.19. The zero-order valence-electron chi connectivity index (χ0n) is 10.6. The highest BCUT2D eigenvalue weighted by atomic mass is 79.9. The number of hydrogen-bond donors (Lipinski definition) is 1. The molecule has 0 heterocycles. The number of nitriles is 1. The van der Waals surface area contributed by atoms with E-state index in [0.29, 0.717) is 5.56 Å². The smallest absolute Gasteiger partial charge is 0.100 e. The van der Waals surface area contributed by atoms with E-state index in [-0.39, 0.29) is 0 Å². The molecule has 0 unspecified atom stereocenters. The van der Waals surface area contributed by atoms with Crippen LogP contribution in [0.5, 0.6) is 0 Å². The van der Waals surface area contributed by atoms with Crippen molar-refractivity contribution in [1.82, 2.24) is 4.90 Å². The molecule has 1 aromatic carbocycles. The number of hydrogen-bond acceptors (Lipinski definition) is 3. The SMILES string of the molecule is CCN(CCNc1ccc(C#N)c(Br)c1)C1CC1. The van der Waals surface area contributed by atoms with Gasteiger partial charge in [0.15, 0.2) is 0 Å². The van der Waals surface area contributed by atoms with Gasteiger partial charge in [-0.1, -0.05) is 6.92 Å².